The Balaban J connectivity index is 1.71. The van der Waals surface area contributed by atoms with E-state index < -0.39 is 6.04 Å². The number of nitrogens with zero attached hydrogens (tertiary/aromatic N) is 2. The minimum Gasteiger partial charge on any atom is -0.497 e. The van der Waals surface area contributed by atoms with Crippen molar-refractivity contribution in [2.75, 3.05) is 25.5 Å². The maximum Gasteiger partial charge on any atom is 0.252 e. The molecule has 162 valence electrons. The highest BCUT2D eigenvalue weighted by molar-refractivity contribution is 7.80. The normalized spacial score (nSPS) is 15.9. The first-order valence-corrected chi connectivity index (χ1v) is 10.6. The third kappa shape index (κ3) is 5.62. The first-order chi connectivity index (χ1) is 14.9. The number of hydrogen-bond acceptors (Lipinski definition) is 4. The minimum atomic E-state index is -0.655. The Morgan fingerprint density at radius 3 is 2.52 bits per heavy atom. The highest BCUT2D eigenvalue weighted by Gasteiger charge is 2.42. The second-order valence-electron chi connectivity index (χ2n) is 7.09. The Labute approximate surface area is 192 Å². The molecular formula is C23H24ClN3O3S. The smallest absolute Gasteiger partial charge is 0.252 e. The van der Waals surface area contributed by atoms with E-state index in [2.05, 4.69) is 11.9 Å². The van der Waals surface area contributed by atoms with Crippen molar-refractivity contribution >= 4 is 46.4 Å². The molecule has 1 saturated heterocycles. The largest absolute Gasteiger partial charge is 0.497 e. The van der Waals surface area contributed by atoms with Crippen LogP contribution in [0.2, 0.25) is 5.02 Å². The summed E-state index contributed by atoms with van der Waals surface area (Å²) in [5.41, 5.74) is 1.71. The molecule has 1 N–H and O–H groups in total. The second kappa shape index (κ2) is 10.4. The standard InChI is InChI=1S/C23H24ClN3O3S/c1-3-13-27-22(29)20(15-21(28)25-18-8-6-17(24)7-9-18)26(23(27)31)14-12-16-4-10-19(30-2)11-5-16/h3-11,20H,1,12-15H2,2H3,(H,25,28)/t20-/m1/s1. The number of thiocarbonyl (C=S) groups is 1. The Kier molecular flexibility index (Phi) is 7.65. The number of hydrogen-bond donors (Lipinski definition) is 1. The first kappa shape index (κ1) is 22.8. The van der Waals surface area contributed by atoms with Gasteiger partial charge in [-0.1, -0.05) is 29.8 Å². The average Bonchev–Trinajstić information content (AvgIpc) is 2.98. The van der Waals surface area contributed by atoms with E-state index in [-0.39, 0.29) is 18.2 Å². The van der Waals surface area contributed by atoms with E-state index in [1.165, 1.54) is 4.90 Å². The highest BCUT2D eigenvalue weighted by Crippen LogP contribution is 2.23. The molecule has 2 aromatic carbocycles. The lowest BCUT2D eigenvalue weighted by molar-refractivity contribution is -0.130. The fourth-order valence-electron chi connectivity index (χ4n) is 3.40. The van der Waals surface area contributed by atoms with Gasteiger partial charge < -0.3 is 15.0 Å². The van der Waals surface area contributed by atoms with Crippen LogP contribution in [0.1, 0.15) is 12.0 Å². The van der Waals surface area contributed by atoms with Crippen LogP contribution in [0.5, 0.6) is 5.75 Å². The van der Waals surface area contributed by atoms with Crippen LogP contribution in [-0.2, 0) is 16.0 Å². The van der Waals surface area contributed by atoms with Gasteiger partial charge in [0.15, 0.2) is 5.11 Å². The van der Waals surface area contributed by atoms with Gasteiger partial charge in [0.2, 0.25) is 5.91 Å². The molecule has 0 unspecified atom stereocenters. The quantitative estimate of drug-likeness (QED) is 0.457. The van der Waals surface area contributed by atoms with Crippen LogP contribution in [0.25, 0.3) is 0 Å². The number of benzene rings is 2. The van der Waals surface area contributed by atoms with Gasteiger partial charge in [-0.2, -0.15) is 0 Å². The monoisotopic (exact) mass is 457 g/mol. The van der Waals surface area contributed by atoms with E-state index in [1.54, 1.807) is 37.5 Å². The molecule has 1 aliphatic rings. The topological polar surface area (TPSA) is 61.9 Å². The predicted molar refractivity (Wildman–Crippen MR) is 126 cm³/mol. The Morgan fingerprint density at radius 2 is 1.90 bits per heavy atom. The van der Waals surface area contributed by atoms with Crippen molar-refractivity contribution in [1.29, 1.82) is 0 Å². The fraction of sp³-hybridized carbons (Fsp3) is 0.261. The molecule has 0 radical (unpaired) electrons. The molecule has 1 fully saturated rings. The molecule has 31 heavy (non-hydrogen) atoms. The number of anilines is 1. The maximum atomic E-state index is 13.0. The van der Waals surface area contributed by atoms with Gasteiger partial charge in [-0.25, -0.2) is 0 Å². The van der Waals surface area contributed by atoms with Crippen molar-refractivity contribution in [2.45, 2.75) is 18.9 Å². The molecule has 6 nitrogen and oxygen atoms in total. The van der Waals surface area contributed by atoms with E-state index in [0.717, 1.165) is 11.3 Å². The van der Waals surface area contributed by atoms with Crippen LogP contribution >= 0.6 is 23.8 Å². The van der Waals surface area contributed by atoms with Crippen LogP contribution in [0.3, 0.4) is 0 Å². The van der Waals surface area contributed by atoms with Crippen LogP contribution in [0.4, 0.5) is 5.69 Å². The third-order valence-electron chi connectivity index (χ3n) is 5.02. The molecular weight excluding hydrogens is 434 g/mol. The summed E-state index contributed by atoms with van der Waals surface area (Å²) in [6, 6.07) is 13.9. The lowest BCUT2D eigenvalue weighted by Crippen LogP contribution is -2.39. The number of methoxy groups -OCH3 is 1. The molecule has 0 saturated carbocycles. The van der Waals surface area contributed by atoms with Crippen molar-refractivity contribution in [2.24, 2.45) is 0 Å². The van der Waals surface area contributed by atoms with Crippen molar-refractivity contribution in [3.8, 4) is 5.75 Å². The summed E-state index contributed by atoms with van der Waals surface area (Å²) in [5.74, 6) is 0.328. The van der Waals surface area contributed by atoms with Gasteiger partial charge in [0.05, 0.1) is 13.5 Å². The van der Waals surface area contributed by atoms with Gasteiger partial charge in [0.25, 0.3) is 5.91 Å². The molecule has 0 spiro atoms. The van der Waals surface area contributed by atoms with Crippen molar-refractivity contribution in [3.05, 3.63) is 71.8 Å². The lowest BCUT2D eigenvalue weighted by atomic mass is 10.1. The van der Waals surface area contributed by atoms with Crippen molar-refractivity contribution in [1.82, 2.24) is 9.80 Å². The second-order valence-corrected chi connectivity index (χ2v) is 7.89. The summed E-state index contributed by atoms with van der Waals surface area (Å²) in [4.78, 5) is 28.9. The summed E-state index contributed by atoms with van der Waals surface area (Å²) in [6.07, 6.45) is 2.30. The summed E-state index contributed by atoms with van der Waals surface area (Å²) in [7, 11) is 1.62. The van der Waals surface area contributed by atoms with E-state index in [1.807, 2.05) is 29.2 Å². The molecule has 1 atom stereocenters. The van der Waals surface area contributed by atoms with Crippen molar-refractivity contribution < 1.29 is 14.3 Å². The van der Waals surface area contributed by atoms with Gasteiger partial charge in [0, 0.05) is 23.8 Å². The molecule has 2 aromatic rings. The molecule has 3 rings (SSSR count). The number of nitrogens with one attached hydrogen (secondary N) is 1. The predicted octanol–water partition coefficient (Wildman–Crippen LogP) is 3.90. The van der Waals surface area contributed by atoms with Gasteiger partial charge >= 0.3 is 0 Å². The SMILES string of the molecule is C=CCN1C(=O)[C@@H](CC(=O)Nc2ccc(Cl)cc2)N(CCc2ccc(OC)cc2)C1=S. The van der Waals surface area contributed by atoms with E-state index in [4.69, 9.17) is 28.6 Å². The number of amides is 2. The number of carbonyl (C=O) groups excluding carboxylic acids is 2. The molecule has 0 bridgehead atoms. The van der Waals surface area contributed by atoms with Gasteiger partial charge in [-0.3, -0.25) is 14.5 Å². The zero-order valence-corrected chi connectivity index (χ0v) is 18.8. The van der Waals surface area contributed by atoms with Crippen LogP contribution in [0, 0.1) is 0 Å². The number of rotatable bonds is 9. The Morgan fingerprint density at radius 1 is 1.23 bits per heavy atom. The third-order valence-corrected chi connectivity index (χ3v) is 5.73. The van der Waals surface area contributed by atoms with Crippen LogP contribution in [0.15, 0.2) is 61.2 Å². The molecule has 2 amide bonds. The molecule has 1 aliphatic heterocycles. The Bertz CT molecular complexity index is 963. The minimum absolute atomic E-state index is 0.00213. The van der Waals surface area contributed by atoms with E-state index in [0.29, 0.717) is 35.3 Å². The van der Waals surface area contributed by atoms with E-state index in [9.17, 15) is 9.59 Å². The number of halogens is 1. The summed E-state index contributed by atoms with van der Waals surface area (Å²) in [6.45, 7) is 4.53. The van der Waals surface area contributed by atoms with Gasteiger partial charge in [-0.05, 0) is 60.6 Å². The highest BCUT2D eigenvalue weighted by atomic mass is 35.5. The Hall–Kier alpha value is -2.90. The zero-order chi connectivity index (χ0) is 22.4. The molecule has 1 heterocycles. The fourth-order valence-corrected chi connectivity index (χ4v) is 3.91. The average molecular weight is 458 g/mol. The number of ether oxygens (including phenoxy) is 1. The van der Waals surface area contributed by atoms with Gasteiger partial charge in [0.1, 0.15) is 11.8 Å². The molecule has 0 aromatic heterocycles. The zero-order valence-electron chi connectivity index (χ0n) is 17.2. The molecule has 8 heteroatoms. The lowest BCUT2D eigenvalue weighted by Gasteiger charge is -2.24. The van der Waals surface area contributed by atoms with Gasteiger partial charge in [-0.15, -0.1) is 6.58 Å². The molecule has 0 aliphatic carbocycles. The maximum absolute atomic E-state index is 13.0. The summed E-state index contributed by atoms with van der Waals surface area (Å²) in [5, 5.41) is 3.81. The first-order valence-electron chi connectivity index (χ1n) is 9.84. The van der Waals surface area contributed by atoms with Crippen molar-refractivity contribution in [3.63, 3.8) is 0 Å². The van der Waals surface area contributed by atoms with Crippen LogP contribution < -0.4 is 10.1 Å². The van der Waals surface area contributed by atoms with E-state index >= 15 is 0 Å². The summed E-state index contributed by atoms with van der Waals surface area (Å²) < 4.78 is 5.19. The summed E-state index contributed by atoms with van der Waals surface area (Å²) >= 11 is 11.4. The van der Waals surface area contributed by atoms with Crippen LogP contribution in [-0.4, -0.2) is 53.0 Å². The number of carbonyl (C=O) groups is 2.